The Morgan fingerprint density at radius 1 is 0.615 bits per heavy atom. The zero-order valence-corrected chi connectivity index (χ0v) is 14.7. The van der Waals surface area contributed by atoms with E-state index < -0.39 is 8.16 Å². The lowest BCUT2D eigenvalue weighted by molar-refractivity contribution is 0.644. The van der Waals surface area contributed by atoms with Crippen LogP contribution in [0.3, 0.4) is 0 Å². The van der Waals surface area contributed by atoms with Gasteiger partial charge in [0.25, 0.3) is 8.16 Å². The molecule has 1 aromatic heterocycles. The SMILES string of the molecule is [B]N([B])p1oc2ccc3ccccc3c2c2c(ccc3ccccc32)o1. The van der Waals surface area contributed by atoms with Crippen LogP contribution in [0.2, 0.25) is 0 Å². The molecule has 0 aliphatic rings. The second kappa shape index (κ2) is 5.98. The zero-order valence-electron chi connectivity index (χ0n) is 13.8. The molecule has 0 saturated carbocycles. The van der Waals surface area contributed by atoms with Crippen LogP contribution in [-0.4, -0.2) is 16.0 Å². The van der Waals surface area contributed by atoms with Crippen LogP contribution in [0.15, 0.2) is 81.2 Å². The van der Waals surface area contributed by atoms with Gasteiger partial charge in [0, 0.05) is 10.8 Å². The lowest BCUT2D eigenvalue weighted by atomic mass is 9.99. The van der Waals surface area contributed by atoms with Gasteiger partial charge in [0.05, 0.1) is 0 Å². The molecule has 0 unspecified atom stereocenters. The number of benzene rings is 4. The lowest BCUT2D eigenvalue weighted by Crippen LogP contribution is -2.08. The largest absolute Gasteiger partial charge is 0.409 e. The van der Waals surface area contributed by atoms with Crippen LogP contribution in [0.1, 0.15) is 0 Å². The molecule has 0 amide bonds. The maximum atomic E-state index is 6.08. The third kappa shape index (κ3) is 2.36. The van der Waals surface area contributed by atoms with Gasteiger partial charge in [0.1, 0.15) is 11.2 Å². The van der Waals surface area contributed by atoms with Crippen molar-refractivity contribution >= 4 is 67.6 Å². The van der Waals surface area contributed by atoms with Crippen molar-refractivity contribution in [2.45, 2.75) is 0 Å². The van der Waals surface area contributed by atoms with Crippen molar-refractivity contribution in [3.05, 3.63) is 72.8 Å². The number of rotatable bonds is 1. The maximum Gasteiger partial charge on any atom is 0.284 e. The summed E-state index contributed by atoms with van der Waals surface area (Å²) in [5, 5.41) is 6.48. The van der Waals surface area contributed by atoms with Gasteiger partial charge in [-0.25, -0.2) is 0 Å². The van der Waals surface area contributed by atoms with Gasteiger partial charge in [-0.2, -0.15) is 0 Å². The number of hydrogen-bond donors (Lipinski definition) is 0. The minimum atomic E-state index is -1.65. The van der Waals surface area contributed by atoms with Gasteiger partial charge in [-0.05, 0) is 33.7 Å². The second-order valence-electron chi connectivity index (χ2n) is 6.12. The van der Waals surface area contributed by atoms with Crippen LogP contribution in [0.25, 0.3) is 43.5 Å². The average molecular weight is 351 g/mol. The van der Waals surface area contributed by atoms with E-state index in [4.69, 9.17) is 24.4 Å². The first kappa shape index (κ1) is 15.6. The van der Waals surface area contributed by atoms with Crippen LogP contribution < -0.4 is 4.49 Å². The summed E-state index contributed by atoms with van der Waals surface area (Å²) in [5.74, 6) is 0. The molecule has 0 bridgehead atoms. The fourth-order valence-corrected chi connectivity index (χ4v) is 4.32. The van der Waals surface area contributed by atoms with E-state index in [0.29, 0.717) is 11.2 Å². The Kier molecular flexibility index (Phi) is 3.59. The van der Waals surface area contributed by atoms with Crippen molar-refractivity contribution in [1.29, 1.82) is 0 Å². The van der Waals surface area contributed by atoms with Crippen molar-refractivity contribution < 1.29 is 8.39 Å². The predicted octanol–water partition coefficient (Wildman–Crippen LogP) is 5.70. The lowest BCUT2D eigenvalue weighted by Gasteiger charge is -2.05. The summed E-state index contributed by atoms with van der Waals surface area (Å²) in [6.07, 6.45) is 0. The molecule has 1 heterocycles. The van der Waals surface area contributed by atoms with Crippen LogP contribution in [-0.2, 0) is 0 Å². The molecule has 26 heavy (non-hydrogen) atoms. The minimum absolute atomic E-state index is 0.714. The van der Waals surface area contributed by atoms with Crippen LogP contribution in [0.4, 0.5) is 0 Å². The van der Waals surface area contributed by atoms with Gasteiger partial charge in [-0.1, -0.05) is 60.7 Å². The molecule has 0 aliphatic carbocycles. The third-order valence-electron chi connectivity index (χ3n) is 4.57. The standard InChI is InChI=1S/C20H12B2NO2P/c21-23(22)26-24-17-11-9-13-5-1-3-7-15(13)19(17)20-16-8-4-2-6-14(16)10-12-18(20)25-26/h1-12H. The van der Waals surface area contributed by atoms with Gasteiger partial charge >= 0.3 is 0 Å². The Hall–Kier alpha value is -2.61. The van der Waals surface area contributed by atoms with E-state index in [2.05, 4.69) is 24.3 Å². The monoisotopic (exact) mass is 351 g/mol. The van der Waals surface area contributed by atoms with Crippen molar-refractivity contribution in [2.24, 2.45) is 0 Å². The summed E-state index contributed by atoms with van der Waals surface area (Å²) in [6.45, 7) is 0. The highest BCUT2D eigenvalue weighted by molar-refractivity contribution is 7.43. The van der Waals surface area contributed by atoms with E-state index >= 15 is 0 Å². The highest BCUT2D eigenvalue weighted by atomic mass is 31.1. The smallest absolute Gasteiger partial charge is 0.284 e. The Labute approximate surface area is 153 Å². The van der Waals surface area contributed by atoms with Crippen LogP contribution >= 0.6 is 8.16 Å². The van der Waals surface area contributed by atoms with Gasteiger partial charge in [-0.15, -0.1) is 0 Å². The molecule has 0 saturated heterocycles. The summed E-state index contributed by atoms with van der Waals surface area (Å²) in [4.78, 5) is 0. The molecular formula is C20H12B2NO2P. The van der Waals surface area contributed by atoms with Crippen molar-refractivity contribution in [3.8, 4) is 0 Å². The summed E-state index contributed by atoms with van der Waals surface area (Å²) < 4.78 is 13.2. The Morgan fingerprint density at radius 2 is 1.08 bits per heavy atom. The molecule has 0 spiro atoms. The Bertz CT molecular complexity index is 1230. The maximum absolute atomic E-state index is 6.08. The highest BCUT2D eigenvalue weighted by Gasteiger charge is 2.13. The quantitative estimate of drug-likeness (QED) is 0.363. The fourth-order valence-electron chi connectivity index (χ4n) is 3.45. The highest BCUT2D eigenvalue weighted by Crippen LogP contribution is 2.40. The summed E-state index contributed by atoms with van der Waals surface area (Å²) in [5.41, 5.74) is 1.43. The van der Waals surface area contributed by atoms with E-state index in [-0.39, 0.29) is 0 Å². The molecule has 5 rings (SSSR count). The Morgan fingerprint density at radius 3 is 1.54 bits per heavy atom. The minimum Gasteiger partial charge on any atom is -0.409 e. The van der Waals surface area contributed by atoms with Gasteiger partial charge < -0.3 is 12.9 Å². The first-order chi connectivity index (χ1) is 12.7. The van der Waals surface area contributed by atoms with E-state index in [1.165, 1.54) is 0 Å². The average Bonchev–Trinajstić information content (AvgIpc) is 2.85. The number of nitrogens with zero attached hydrogens (tertiary/aromatic N) is 1. The zero-order chi connectivity index (χ0) is 17.7. The molecule has 3 nitrogen and oxygen atoms in total. The summed E-state index contributed by atoms with van der Waals surface area (Å²) in [6, 6.07) is 24.5. The molecule has 4 aromatic carbocycles. The van der Waals surface area contributed by atoms with Crippen LogP contribution in [0, 0.1) is 0 Å². The van der Waals surface area contributed by atoms with Crippen molar-refractivity contribution in [2.75, 3.05) is 4.49 Å². The molecule has 4 radical (unpaired) electrons. The molecular weight excluding hydrogens is 339 g/mol. The number of hydrogen-bond acceptors (Lipinski definition) is 3. The normalized spacial score (nSPS) is 11.7. The first-order valence-corrected chi connectivity index (χ1v) is 9.35. The molecule has 0 N–H and O–H groups in total. The molecule has 0 fully saturated rings. The summed E-state index contributed by atoms with van der Waals surface area (Å²) in [7, 11) is 9.88. The molecule has 120 valence electrons. The predicted molar refractivity (Wildman–Crippen MR) is 111 cm³/mol. The molecule has 0 atom stereocenters. The van der Waals surface area contributed by atoms with Gasteiger partial charge in [-0.3, -0.25) is 0 Å². The fraction of sp³-hybridized carbons (Fsp3) is 0. The molecule has 6 heteroatoms. The van der Waals surface area contributed by atoms with Crippen LogP contribution in [0.5, 0.6) is 0 Å². The van der Waals surface area contributed by atoms with Gasteiger partial charge in [0.15, 0.2) is 16.0 Å². The van der Waals surface area contributed by atoms with E-state index in [1.54, 1.807) is 0 Å². The van der Waals surface area contributed by atoms with E-state index in [1.807, 2.05) is 48.5 Å². The Balaban J connectivity index is 2.18. The topological polar surface area (TPSA) is 29.5 Å². The van der Waals surface area contributed by atoms with Gasteiger partial charge in [0.2, 0.25) is 0 Å². The first-order valence-electron chi connectivity index (χ1n) is 8.22. The molecule has 0 aliphatic heterocycles. The second-order valence-corrected chi connectivity index (χ2v) is 7.42. The summed E-state index contributed by atoms with van der Waals surface area (Å²) >= 11 is 0. The third-order valence-corrected chi connectivity index (χ3v) is 5.66. The van der Waals surface area contributed by atoms with E-state index in [9.17, 15) is 0 Å². The molecule has 5 aromatic rings. The van der Waals surface area contributed by atoms with Crippen molar-refractivity contribution in [3.63, 3.8) is 0 Å². The number of fused-ring (bicyclic) bond motifs is 7. The van der Waals surface area contributed by atoms with E-state index in [0.717, 1.165) is 36.8 Å². The van der Waals surface area contributed by atoms with Crippen molar-refractivity contribution in [1.82, 2.24) is 0 Å².